The average Bonchev–Trinajstić information content (AvgIpc) is 3.07. The van der Waals surface area contributed by atoms with Crippen LogP contribution in [0.25, 0.3) is 6.08 Å². The summed E-state index contributed by atoms with van der Waals surface area (Å²) >= 11 is 0. The lowest BCUT2D eigenvalue weighted by atomic mass is 10.1. The van der Waals surface area contributed by atoms with E-state index in [1.165, 1.54) is 4.90 Å². The van der Waals surface area contributed by atoms with Gasteiger partial charge in [-0.2, -0.15) is 0 Å². The normalized spacial score (nSPS) is 14.3. The maximum atomic E-state index is 12.7. The third kappa shape index (κ3) is 5.69. The average molecular weight is 456 g/mol. The van der Waals surface area contributed by atoms with E-state index in [9.17, 15) is 14.4 Å². The molecule has 1 aliphatic heterocycles. The Hall–Kier alpha value is -4.39. The number of imide groups is 1. The van der Waals surface area contributed by atoms with E-state index in [4.69, 9.17) is 4.74 Å². The first-order valence-corrected chi connectivity index (χ1v) is 10.9. The quantitative estimate of drug-likeness (QED) is 0.408. The number of carbonyl (C=O) groups is 3. The van der Waals surface area contributed by atoms with Crippen LogP contribution >= 0.6 is 0 Å². The van der Waals surface area contributed by atoms with Crippen LogP contribution in [0.2, 0.25) is 0 Å². The fraction of sp³-hybridized carbons (Fsp3) is 0.148. The van der Waals surface area contributed by atoms with Gasteiger partial charge in [0, 0.05) is 5.69 Å². The molecule has 3 aromatic carbocycles. The van der Waals surface area contributed by atoms with Gasteiger partial charge in [-0.15, -0.1) is 0 Å². The smallest absolute Gasteiger partial charge is 0.329 e. The van der Waals surface area contributed by atoms with Crippen molar-refractivity contribution in [3.05, 3.63) is 101 Å². The number of hydrogen-bond acceptors (Lipinski definition) is 4. The Labute approximate surface area is 198 Å². The Balaban J connectivity index is 1.33. The molecule has 3 aromatic rings. The lowest BCUT2D eigenvalue weighted by Gasteiger charge is -2.12. The summed E-state index contributed by atoms with van der Waals surface area (Å²) in [5.41, 5.74) is 4.71. The van der Waals surface area contributed by atoms with Gasteiger partial charge in [-0.05, 0) is 55.3 Å². The van der Waals surface area contributed by atoms with Gasteiger partial charge < -0.3 is 15.4 Å². The molecule has 7 nitrogen and oxygen atoms in total. The number of ether oxygens (including phenoxy) is 1. The van der Waals surface area contributed by atoms with Gasteiger partial charge >= 0.3 is 6.03 Å². The molecule has 0 atom stereocenters. The van der Waals surface area contributed by atoms with E-state index >= 15 is 0 Å². The molecule has 1 aliphatic rings. The minimum atomic E-state index is -0.447. The van der Waals surface area contributed by atoms with Crippen molar-refractivity contribution in [1.29, 1.82) is 0 Å². The van der Waals surface area contributed by atoms with Crippen LogP contribution in [0.5, 0.6) is 5.75 Å². The van der Waals surface area contributed by atoms with Gasteiger partial charge in [0.2, 0.25) is 0 Å². The van der Waals surface area contributed by atoms with Crippen LogP contribution in [0.4, 0.5) is 10.5 Å². The van der Waals surface area contributed by atoms with E-state index in [-0.39, 0.29) is 30.7 Å². The molecule has 4 amide bonds. The summed E-state index contributed by atoms with van der Waals surface area (Å²) in [7, 11) is 0. The summed E-state index contributed by atoms with van der Waals surface area (Å²) in [6.07, 6.45) is 1.62. The molecule has 0 radical (unpaired) electrons. The number of hydrogen-bond donors (Lipinski definition) is 2. The molecule has 4 rings (SSSR count). The molecule has 0 aliphatic carbocycles. The van der Waals surface area contributed by atoms with E-state index in [0.717, 1.165) is 22.3 Å². The largest absolute Gasteiger partial charge is 0.484 e. The summed E-state index contributed by atoms with van der Waals surface area (Å²) in [6.45, 7) is 4.02. The Kier molecular flexibility index (Phi) is 6.73. The van der Waals surface area contributed by atoms with Crippen molar-refractivity contribution in [3.63, 3.8) is 0 Å². The SMILES string of the molecule is Cc1ccc(NC(=O)COc2ccc(/C=C3/NC(=O)N(Cc4cccc(C)c4)C3=O)cc2)cc1. The standard InChI is InChI=1S/C27H25N3O4/c1-18-6-10-22(11-7-18)28-25(31)17-34-23-12-8-20(9-13-23)15-24-26(32)30(27(33)29-24)16-21-5-3-4-19(2)14-21/h3-15H,16-17H2,1-2H3,(H,28,31)(H,29,33)/b24-15+. The molecule has 172 valence electrons. The van der Waals surface area contributed by atoms with E-state index in [1.807, 2.05) is 62.4 Å². The zero-order chi connectivity index (χ0) is 24.1. The van der Waals surface area contributed by atoms with Crippen molar-refractivity contribution in [1.82, 2.24) is 10.2 Å². The van der Waals surface area contributed by atoms with Crippen LogP contribution in [0, 0.1) is 13.8 Å². The van der Waals surface area contributed by atoms with Crippen LogP contribution in [0.1, 0.15) is 22.3 Å². The van der Waals surface area contributed by atoms with Gasteiger partial charge in [-0.3, -0.25) is 14.5 Å². The summed E-state index contributed by atoms with van der Waals surface area (Å²) in [5.74, 6) is -0.119. The molecule has 0 bridgehead atoms. The third-order valence-electron chi connectivity index (χ3n) is 5.28. The van der Waals surface area contributed by atoms with Crippen LogP contribution in [0.15, 0.2) is 78.5 Å². The molecule has 0 aromatic heterocycles. The molecular formula is C27H25N3O4. The molecule has 0 spiro atoms. The zero-order valence-corrected chi connectivity index (χ0v) is 19.0. The lowest BCUT2D eigenvalue weighted by molar-refractivity contribution is -0.123. The van der Waals surface area contributed by atoms with Crippen molar-refractivity contribution in [2.45, 2.75) is 20.4 Å². The van der Waals surface area contributed by atoms with E-state index < -0.39 is 6.03 Å². The Morgan fingerprint density at radius 3 is 2.41 bits per heavy atom. The Morgan fingerprint density at radius 1 is 0.971 bits per heavy atom. The van der Waals surface area contributed by atoms with Crippen molar-refractivity contribution < 1.29 is 19.1 Å². The lowest BCUT2D eigenvalue weighted by Crippen LogP contribution is -2.30. The highest BCUT2D eigenvalue weighted by molar-refractivity contribution is 6.13. The number of urea groups is 1. The summed E-state index contributed by atoms with van der Waals surface area (Å²) in [5, 5.41) is 5.41. The summed E-state index contributed by atoms with van der Waals surface area (Å²) < 4.78 is 5.54. The topological polar surface area (TPSA) is 87.7 Å². The maximum Gasteiger partial charge on any atom is 0.329 e. The first-order valence-electron chi connectivity index (χ1n) is 10.9. The van der Waals surface area contributed by atoms with Crippen molar-refractivity contribution >= 4 is 29.6 Å². The molecule has 1 fully saturated rings. The minimum absolute atomic E-state index is 0.128. The molecule has 7 heteroatoms. The van der Waals surface area contributed by atoms with E-state index in [0.29, 0.717) is 11.4 Å². The molecule has 0 unspecified atom stereocenters. The first kappa shape index (κ1) is 22.8. The van der Waals surface area contributed by atoms with Crippen LogP contribution in [-0.2, 0) is 16.1 Å². The second-order valence-electron chi connectivity index (χ2n) is 8.14. The highest BCUT2D eigenvalue weighted by Gasteiger charge is 2.33. The predicted octanol–water partition coefficient (Wildman–Crippen LogP) is 4.41. The van der Waals surface area contributed by atoms with Gasteiger partial charge in [0.1, 0.15) is 11.4 Å². The molecule has 0 saturated carbocycles. The highest BCUT2D eigenvalue weighted by atomic mass is 16.5. The van der Waals surface area contributed by atoms with Gasteiger partial charge in [-0.25, -0.2) is 4.79 Å². The van der Waals surface area contributed by atoms with Gasteiger partial charge in [0.15, 0.2) is 6.61 Å². The van der Waals surface area contributed by atoms with Crippen molar-refractivity contribution in [2.24, 2.45) is 0 Å². The van der Waals surface area contributed by atoms with E-state index in [1.54, 1.807) is 30.3 Å². The van der Waals surface area contributed by atoms with Gasteiger partial charge in [-0.1, -0.05) is 59.7 Å². The van der Waals surface area contributed by atoms with Crippen LogP contribution in [-0.4, -0.2) is 29.4 Å². The van der Waals surface area contributed by atoms with Gasteiger partial charge in [0.25, 0.3) is 11.8 Å². The number of amides is 4. The van der Waals surface area contributed by atoms with Crippen molar-refractivity contribution in [2.75, 3.05) is 11.9 Å². The number of rotatable bonds is 7. The number of anilines is 1. The fourth-order valence-corrected chi connectivity index (χ4v) is 3.52. The second-order valence-corrected chi connectivity index (χ2v) is 8.14. The number of nitrogens with one attached hydrogen (secondary N) is 2. The van der Waals surface area contributed by atoms with Crippen LogP contribution < -0.4 is 15.4 Å². The predicted molar refractivity (Wildman–Crippen MR) is 130 cm³/mol. The number of aryl methyl sites for hydroxylation is 2. The Morgan fingerprint density at radius 2 is 1.71 bits per heavy atom. The maximum absolute atomic E-state index is 12.7. The molecule has 1 heterocycles. The second kappa shape index (κ2) is 10.0. The van der Waals surface area contributed by atoms with Crippen molar-refractivity contribution in [3.8, 4) is 5.75 Å². The number of nitrogens with zero attached hydrogens (tertiary/aromatic N) is 1. The van der Waals surface area contributed by atoms with Crippen LogP contribution in [0.3, 0.4) is 0 Å². The van der Waals surface area contributed by atoms with E-state index in [2.05, 4.69) is 10.6 Å². The third-order valence-corrected chi connectivity index (χ3v) is 5.28. The molecule has 1 saturated heterocycles. The monoisotopic (exact) mass is 455 g/mol. The Bertz CT molecular complexity index is 1250. The summed E-state index contributed by atoms with van der Waals surface area (Å²) in [4.78, 5) is 38.3. The number of carbonyl (C=O) groups excluding carboxylic acids is 3. The number of benzene rings is 3. The minimum Gasteiger partial charge on any atom is -0.484 e. The fourth-order valence-electron chi connectivity index (χ4n) is 3.52. The molecule has 2 N–H and O–H groups in total. The first-order chi connectivity index (χ1) is 16.4. The molecular weight excluding hydrogens is 430 g/mol. The summed E-state index contributed by atoms with van der Waals surface area (Å²) in [6, 6.07) is 21.7. The van der Waals surface area contributed by atoms with Gasteiger partial charge in [0.05, 0.1) is 6.54 Å². The highest BCUT2D eigenvalue weighted by Crippen LogP contribution is 2.19. The molecule has 34 heavy (non-hydrogen) atoms. The zero-order valence-electron chi connectivity index (χ0n) is 19.0.